The predicted molar refractivity (Wildman–Crippen MR) is 127 cm³/mol. The molecule has 0 aliphatic carbocycles. The van der Waals surface area contributed by atoms with Crippen molar-refractivity contribution in [1.82, 2.24) is 19.5 Å². The minimum absolute atomic E-state index is 0.216. The predicted octanol–water partition coefficient (Wildman–Crippen LogP) is 5.89. The molecular formula is C24H18F3N5OS. The monoisotopic (exact) mass is 481 g/mol. The number of benzene rings is 2. The maximum Gasteiger partial charge on any atom is 0.417 e. The van der Waals surface area contributed by atoms with Crippen LogP contribution in [0.15, 0.2) is 65.7 Å². The number of fused-ring (bicyclic) bond motifs is 2. The Bertz CT molecular complexity index is 1580. The van der Waals surface area contributed by atoms with Gasteiger partial charge < -0.3 is 5.32 Å². The number of nitrogens with zero attached hydrogens (tertiary/aromatic N) is 4. The van der Waals surface area contributed by atoms with Crippen LogP contribution in [0.1, 0.15) is 29.2 Å². The van der Waals surface area contributed by atoms with Crippen molar-refractivity contribution in [2.24, 2.45) is 0 Å². The van der Waals surface area contributed by atoms with E-state index in [1.807, 2.05) is 13.8 Å². The summed E-state index contributed by atoms with van der Waals surface area (Å²) in [5.74, 6) is 0.484. The zero-order valence-corrected chi connectivity index (χ0v) is 18.9. The molecular weight excluding hydrogens is 463 g/mol. The molecule has 1 N–H and O–H groups in total. The zero-order chi connectivity index (χ0) is 24.0. The SMILES string of the molecule is Cc1nc2c(NC(C)c3cc4cccc(C(F)(F)F)c4c(=O)n3-c3ccccc3)ncnc2s1. The lowest BCUT2D eigenvalue weighted by Crippen LogP contribution is -2.27. The average molecular weight is 482 g/mol. The highest BCUT2D eigenvalue weighted by Gasteiger charge is 2.34. The third-order valence-corrected chi connectivity index (χ3v) is 6.37. The van der Waals surface area contributed by atoms with Gasteiger partial charge in [0.25, 0.3) is 5.56 Å². The molecule has 2 aromatic carbocycles. The van der Waals surface area contributed by atoms with Crippen molar-refractivity contribution >= 4 is 38.3 Å². The third kappa shape index (κ3) is 3.79. The summed E-state index contributed by atoms with van der Waals surface area (Å²) in [6.07, 6.45) is -3.23. The van der Waals surface area contributed by atoms with Crippen molar-refractivity contribution in [3.8, 4) is 5.69 Å². The van der Waals surface area contributed by atoms with E-state index in [2.05, 4.69) is 20.3 Å². The van der Waals surface area contributed by atoms with Crippen LogP contribution < -0.4 is 10.9 Å². The van der Waals surface area contributed by atoms with Crippen LogP contribution in [0.4, 0.5) is 19.0 Å². The summed E-state index contributed by atoms with van der Waals surface area (Å²) in [5, 5.41) is 3.95. The summed E-state index contributed by atoms with van der Waals surface area (Å²) in [4.78, 5) is 27.3. The number of nitrogens with one attached hydrogen (secondary N) is 1. The van der Waals surface area contributed by atoms with Crippen LogP contribution in [0.5, 0.6) is 0 Å². The molecule has 10 heteroatoms. The van der Waals surface area contributed by atoms with Crippen LogP contribution >= 0.6 is 11.3 Å². The maximum atomic E-state index is 13.7. The van der Waals surface area contributed by atoms with E-state index in [1.165, 1.54) is 34.4 Å². The Morgan fingerprint density at radius 3 is 2.56 bits per heavy atom. The van der Waals surface area contributed by atoms with Crippen molar-refractivity contribution < 1.29 is 13.2 Å². The van der Waals surface area contributed by atoms with Crippen molar-refractivity contribution in [2.45, 2.75) is 26.1 Å². The summed E-state index contributed by atoms with van der Waals surface area (Å²) in [5.41, 5.74) is -0.139. The number of para-hydroxylation sites is 1. The second kappa shape index (κ2) is 8.21. The van der Waals surface area contributed by atoms with E-state index in [-0.39, 0.29) is 10.8 Å². The Morgan fingerprint density at radius 1 is 1.06 bits per heavy atom. The molecule has 0 amide bonds. The van der Waals surface area contributed by atoms with Crippen LogP contribution in [0.3, 0.4) is 0 Å². The standard InChI is InChI=1S/C24H18F3N5OS/c1-13(30-21-20-22(29-12-28-21)34-14(2)31-20)18-11-15-7-6-10-17(24(25,26)27)19(15)23(33)32(18)16-8-4-3-5-9-16/h3-13H,1-2H3,(H,28,29,30). The Hall–Kier alpha value is -3.79. The van der Waals surface area contributed by atoms with Crippen LogP contribution in [0, 0.1) is 6.92 Å². The molecule has 0 radical (unpaired) electrons. The van der Waals surface area contributed by atoms with E-state index < -0.39 is 23.3 Å². The molecule has 6 nitrogen and oxygen atoms in total. The summed E-state index contributed by atoms with van der Waals surface area (Å²) in [7, 11) is 0. The van der Waals surface area contributed by atoms with Crippen LogP contribution in [-0.4, -0.2) is 19.5 Å². The number of aromatic nitrogens is 4. The molecule has 0 bridgehead atoms. The van der Waals surface area contributed by atoms with Crippen molar-refractivity contribution in [3.63, 3.8) is 0 Å². The Morgan fingerprint density at radius 2 is 1.82 bits per heavy atom. The van der Waals surface area contributed by atoms with Gasteiger partial charge in [0, 0.05) is 11.4 Å². The first-order valence-corrected chi connectivity index (χ1v) is 11.2. The topological polar surface area (TPSA) is 72.7 Å². The zero-order valence-electron chi connectivity index (χ0n) is 18.1. The van der Waals surface area contributed by atoms with E-state index in [9.17, 15) is 18.0 Å². The fourth-order valence-electron chi connectivity index (χ4n) is 4.02. The van der Waals surface area contributed by atoms with Crippen molar-refractivity contribution in [2.75, 3.05) is 5.32 Å². The Kier molecular flexibility index (Phi) is 5.32. The fraction of sp³-hybridized carbons (Fsp3) is 0.167. The summed E-state index contributed by atoms with van der Waals surface area (Å²) in [6, 6.07) is 13.5. The molecule has 3 aromatic heterocycles. The van der Waals surface area contributed by atoms with Gasteiger partial charge in [-0.2, -0.15) is 13.2 Å². The van der Waals surface area contributed by atoms with E-state index in [0.29, 0.717) is 22.7 Å². The molecule has 0 fully saturated rings. The van der Waals surface area contributed by atoms with Gasteiger partial charge in [-0.05, 0) is 43.5 Å². The molecule has 5 rings (SSSR count). The minimum Gasteiger partial charge on any atom is -0.360 e. The van der Waals surface area contributed by atoms with Gasteiger partial charge in [-0.15, -0.1) is 0 Å². The van der Waals surface area contributed by atoms with E-state index in [0.717, 1.165) is 15.9 Å². The molecule has 1 atom stereocenters. The number of thiazole rings is 1. The van der Waals surface area contributed by atoms with E-state index >= 15 is 0 Å². The first kappa shape index (κ1) is 22.0. The lowest BCUT2D eigenvalue weighted by atomic mass is 10.0. The van der Waals surface area contributed by atoms with Gasteiger partial charge in [0.2, 0.25) is 0 Å². The first-order valence-electron chi connectivity index (χ1n) is 10.4. The van der Waals surface area contributed by atoms with Gasteiger partial charge in [0.1, 0.15) is 16.7 Å². The quantitative estimate of drug-likeness (QED) is 0.347. The third-order valence-electron chi connectivity index (χ3n) is 5.49. The Labute approximate surface area is 195 Å². The highest BCUT2D eigenvalue weighted by atomic mass is 32.1. The molecule has 172 valence electrons. The van der Waals surface area contributed by atoms with Crippen LogP contribution in [0.25, 0.3) is 26.8 Å². The highest BCUT2D eigenvalue weighted by molar-refractivity contribution is 7.18. The molecule has 5 aromatic rings. The highest BCUT2D eigenvalue weighted by Crippen LogP contribution is 2.35. The summed E-state index contributed by atoms with van der Waals surface area (Å²) < 4.78 is 42.6. The molecule has 3 heterocycles. The number of anilines is 1. The average Bonchev–Trinajstić information content (AvgIpc) is 3.19. The van der Waals surface area contributed by atoms with Crippen molar-refractivity contribution in [3.05, 3.63) is 87.5 Å². The second-order valence-corrected chi connectivity index (χ2v) is 8.97. The molecule has 0 spiro atoms. The Balaban J connectivity index is 1.73. The molecule has 34 heavy (non-hydrogen) atoms. The number of rotatable bonds is 4. The van der Waals surface area contributed by atoms with Gasteiger partial charge in [0.15, 0.2) is 5.82 Å². The van der Waals surface area contributed by atoms with Gasteiger partial charge in [0.05, 0.1) is 22.0 Å². The lowest BCUT2D eigenvalue weighted by molar-refractivity contribution is -0.136. The number of hydrogen-bond acceptors (Lipinski definition) is 6. The van der Waals surface area contributed by atoms with E-state index in [4.69, 9.17) is 0 Å². The first-order chi connectivity index (χ1) is 16.2. The number of pyridine rings is 1. The fourth-order valence-corrected chi connectivity index (χ4v) is 4.78. The molecule has 0 saturated heterocycles. The number of alkyl halides is 3. The molecule has 1 unspecified atom stereocenters. The number of halogens is 3. The molecule has 0 aliphatic rings. The number of aryl methyl sites for hydroxylation is 1. The second-order valence-electron chi connectivity index (χ2n) is 7.79. The van der Waals surface area contributed by atoms with Crippen LogP contribution in [0.2, 0.25) is 0 Å². The van der Waals surface area contributed by atoms with Gasteiger partial charge >= 0.3 is 6.18 Å². The van der Waals surface area contributed by atoms with Gasteiger partial charge in [-0.3, -0.25) is 9.36 Å². The van der Waals surface area contributed by atoms with Gasteiger partial charge in [-0.1, -0.05) is 41.7 Å². The smallest absolute Gasteiger partial charge is 0.360 e. The minimum atomic E-state index is -4.66. The summed E-state index contributed by atoms with van der Waals surface area (Å²) in [6.45, 7) is 3.69. The maximum absolute atomic E-state index is 13.7. The van der Waals surface area contributed by atoms with E-state index in [1.54, 1.807) is 36.4 Å². The summed E-state index contributed by atoms with van der Waals surface area (Å²) >= 11 is 1.43. The lowest BCUT2D eigenvalue weighted by Gasteiger charge is -2.22. The van der Waals surface area contributed by atoms with Crippen molar-refractivity contribution in [1.29, 1.82) is 0 Å². The van der Waals surface area contributed by atoms with Gasteiger partial charge in [-0.25, -0.2) is 15.0 Å². The largest absolute Gasteiger partial charge is 0.417 e. The normalized spacial score (nSPS) is 12.9. The molecule has 0 aliphatic heterocycles. The van der Waals surface area contributed by atoms with Crippen LogP contribution in [-0.2, 0) is 6.18 Å². The molecule has 0 saturated carbocycles. The number of hydrogen-bond donors (Lipinski definition) is 1.